The second-order valence-corrected chi connectivity index (χ2v) is 7.25. The first kappa shape index (κ1) is 22.9. The largest absolute Gasteiger partial charge is 0.464 e. The number of H-pyrrole nitrogens is 1. The first-order valence-corrected chi connectivity index (χ1v) is 10.3. The SMILES string of the molecule is CCOC(=O)C(O)CC(Cc1ccc(-c2ccccc2)cc1)NC(=O)c1cnc(=O)[nH]c1. The lowest BCUT2D eigenvalue weighted by Crippen LogP contribution is -2.41. The Labute approximate surface area is 185 Å². The number of hydrogen-bond donors (Lipinski definition) is 3. The summed E-state index contributed by atoms with van der Waals surface area (Å²) in [6.07, 6.45) is 1.41. The van der Waals surface area contributed by atoms with Gasteiger partial charge in [-0.2, -0.15) is 0 Å². The van der Waals surface area contributed by atoms with E-state index in [9.17, 15) is 19.5 Å². The van der Waals surface area contributed by atoms with E-state index in [2.05, 4.69) is 15.3 Å². The molecule has 1 heterocycles. The summed E-state index contributed by atoms with van der Waals surface area (Å²) in [6.45, 7) is 1.80. The van der Waals surface area contributed by atoms with Crippen LogP contribution in [0.4, 0.5) is 0 Å². The van der Waals surface area contributed by atoms with Crippen molar-refractivity contribution < 1.29 is 19.4 Å². The molecule has 0 saturated carbocycles. The Balaban J connectivity index is 1.75. The smallest absolute Gasteiger partial charge is 0.344 e. The van der Waals surface area contributed by atoms with Gasteiger partial charge in [0.2, 0.25) is 0 Å². The Kier molecular flexibility index (Phi) is 7.88. The molecule has 8 nitrogen and oxygen atoms in total. The second kappa shape index (κ2) is 11.0. The highest BCUT2D eigenvalue weighted by molar-refractivity contribution is 5.93. The predicted molar refractivity (Wildman–Crippen MR) is 119 cm³/mol. The molecule has 1 amide bonds. The van der Waals surface area contributed by atoms with E-state index in [4.69, 9.17) is 4.74 Å². The van der Waals surface area contributed by atoms with Crippen molar-refractivity contribution in [3.05, 3.63) is 88.6 Å². The van der Waals surface area contributed by atoms with Gasteiger partial charge in [-0.15, -0.1) is 0 Å². The second-order valence-electron chi connectivity index (χ2n) is 7.25. The van der Waals surface area contributed by atoms with Crippen LogP contribution in [-0.2, 0) is 16.0 Å². The summed E-state index contributed by atoms with van der Waals surface area (Å²) >= 11 is 0. The van der Waals surface area contributed by atoms with Crippen LogP contribution in [-0.4, -0.2) is 45.7 Å². The Hall–Kier alpha value is -3.78. The summed E-state index contributed by atoms with van der Waals surface area (Å²) in [5.74, 6) is -1.22. The summed E-state index contributed by atoms with van der Waals surface area (Å²) in [5, 5.41) is 13.0. The van der Waals surface area contributed by atoms with Gasteiger partial charge in [0.15, 0.2) is 6.10 Å². The molecule has 0 radical (unpaired) electrons. The molecule has 32 heavy (non-hydrogen) atoms. The number of aromatic nitrogens is 2. The summed E-state index contributed by atoms with van der Waals surface area (Å²) < 4.78 is 4.87. The molecule has 3 rings (SSSR count). The molecule has 8 heteroatoms. The maximum Gasteiger partial charge on any atom is 0.344 e. The van der Waals surface area contributed by atoms with E-state index in [1.807, 2.05) is 54.6 Å². The van der Waals surface area contributed by atoms with Gasteiger partial charge in [-0.1, -0.05) is 54.6 Å². The molecular weight excluding hydrogens is 410 g/mol. The number of benzene rings is 2. The number of aromatic amines is 1. The fourth-order valence-corrected chi connectivity index (χ4v) is 3.28. The van der Waals surface area contributed by atoms with Gasteiger partial charge in [-0.25, -0.2) is 14.6 Å². The Morgan fingerprint density at radius 3 is 2.41 bits per heavy atom. The third-order valence-corrected chi connectivity index (χ3v) is 4.88. The fraction of sp³-hybridized carbons (Fsp3) is 0.250. The Morgan fingerprint density at radius 1 is 1.09 bits per heavy atom. The van der Waals surface area contributed by atoms with Crippen molar-refractivity contribution >= 4 is 11.9 Å². The van der Waals surface area contributed by atoms with E-state index >= 15 is 0 Å². The van der Waals surface area contributed by atoms with E-state index < -0.39 is 29.7 Å². The van der Waals surface area contributed by atoms with Gasteiger partial charge in [0.25, 0.3) is 5.91 Å². The predicted octanol–water partition coefficient (Wildman–Crippen LogP) is 2.09. The molecule has 0 aliphatic carbocycles. The van der Waals surface area contributed by atoms with Gasteiger partial charge in [0.1, 0.15) is 0 Å². The molecule has 0 aliphatic heterocycles. The molecule has 2 unspecified atom stereocenters. The number of esters is 1. The van der Waals surface area contributed by atoms with E-state index in [1.54, 1.807) is 6.92 Å². The van der Waals surface area contributed by atoms with Gasteiger partial charge in [-0.3, -0.25) is 4.79 Å². The van der Waals surface area contributed by atoms with Gasteiger partial charge >= 0.3 is 11.7 Å². The maximum atomic E-state index is 12.6. The van der Waals surface area contributed by atoms with Crippen molar-refractivity contribution in [2.75, 3.05) is 6.61 Å². The third-order valence-electron chi connectivity index (χ3n) is 4.88. The monoisotopic (exact) mass is 435 g/mol. The summed E-state index contributed by atoms with van der Waals surface area (Å²) in [7, 11) is 0. The summed E-state index contributed by atoms with van der Waals surface area (Å²) in [6, 6.07) is 17.2. The number of aliphatic hydroxyl groups excluding tert-OH is 1. The van der Waals surface area contributed by atoms with Crippen molar-refractivity contribution in [2.45, 2.75) is 31.9 Å². The van der Waals surface area contributed by atoms with Crippen LogP contribution >= 0.6 is 0 Å². The zero-order valence-electron chi connectivity index (χ0n) is 17.7. The number of ether oxygens (including phenoxy) is 1. The van der Waals surface area contributed by atoms with Crippen LogP contribution in [0.5, 0.6) is 0 Å². The number of nitrogens with one attached hydrogen (secondary N) is 2. The Morgan fingerprint density at radius 2 is 1.78 bits per heavy atom. The highest BCUT2D eigenvalue weighted by atomic mass is 16.5. The average molecular weight is 435 g/mol. The normalized spacial score (nSPS) is 12.6. The van der Waals surface area contributed by atoms with Crippen molar-refractivity contribution in [2.24, 2.45) is 0 Å². The minimum absolute atomic E-state index is 0.0260. The molecule has 0 aliphatic rings. The van der Waals surface area contributed by atoms with Crippen LogP contribution in [0.1, 0.15) is 29.3 Å². The van der Waals surface area contributed by atoms with Gasteiger partial charge in [0.05, 0.1) is 12.2 Å². The van der Waals surface area contributed by atoms with E-state index in [-0.39, 0.29) is 18.6 Å². The fourth-order valence-electron chi connectivity index (χ4n) is 3.28. The van der Waals surface area contributed by atoms with Crippen LogP contribution < -0.4 is 11.0 Å². The zero-order chi connectivity index (χ0) is 22.9. The lowest BCUT2D eigenvalue weighted by atomic mass is 9.97. The van der Waals surface area contributed by atoms with Gasteiger partial charge in [0, 0.05) is 24.9 Å². The Bertz CT molecular complexity index is 1080. The standard InChI is InChI=1S/C24H25N3O5/c1-2-32-23(30)21(28)13-20(27-22(29)19-14-25-24(31)26-15-19)12-16-8-10-18(11-9-16)17-6-4-3-5-7-17/h3-11,14-15,20-21,28H,2,12-13H2,1H3,(H,27,29)(H,25,26,31). The molecular formula is C24H25N3O5. The molecule has 0 bridgehead atoms. The van der Waals surface area contributed by atoms with Crippen LogP contribution in [0.25, 0.3) is 11.1 Å². The molecule has 2 atom stereocenters. The third kappa shape index (κ3) is 6.36. The lowest BCUT2D eigenvalue weighted by molar-refractivity contribution is -0.153. The molecule has 3 aromatic rings. The number of nitrogens with zero attached hydrogens (tertiary/aromatic N) is 1. The first-order valence-electron chi connectivity index (χ1n) is 10.3. The van der Waals surface area contributed by atoms with Crippen LogP contribution in [0.2, 0.25) is 0 Å². The molecule has 166 valence electrons. The van der Waals surface area contributed by atoms with Crippen molar-refractivity contribution in [3.63, 3.8) is 0 Å². The summed E-state index contributed by atoms with van der Waals surface area (Å²) in [4.78, 5) is 41.5. The number of hydrogen-bond acceptors (Lipinski definition) is 6. The zero-order valence-corrected chi connectivity index (χ0v) is 17.7. The van der Waals surface area contributed by atoms with Crippen molar-refractivity contribution in [3.8, 4) is 11.1 Å². The number of aliphatic hydroxyl groups is 1. The number of amides is 1. The molecule has 1 aromatic heterocycles. The molecule has 0 fully saturated rings. The van der Waals surface area contributed by atoms with Crippen LogP contribution in [0.15, 0.2) is 71.8 Å². The van der Waals surface area contributed by atoms with E-state index in [0.717, 1.165) is 16.7 Å². The highest BCUT2D eigenvalue weighted by Gasteiger charge is 2.24. The number of rotatable bonds is 9. The maximum absolute atomic E-state index is 12.6. The quantitative estimate of drug-likeness (QED) is 0.443. The van der Waals surface area contributed by atoms with Crippen LogP contribution in [0, 0.1) is 0 Å². The number of carbonyl (C=O) groups excluding carboxylic acids is 2. The minimum Gasteiger partial charge on any atom is -0.464 e. The first-order chi connectivity index (χ1) is 15.5. The van der Waals surface area contributed by atoms with Crippen molar-refractivity contribution in [1.82, 2.24) is 15.3 Å². The average Bonchev–Trinajstić information content (AvgIpc) is 2.80. The van der Waals surface area contributed by atoms with Gasteiger partial charge in [-0.05, 0) is 30.0 Å². The summed E-state index contributed by atoms with van der Waals surface area (Å²) in [5.41, 5.74) is 2.67. The lowest BCUT2D eigenvalue weighted by Gasteiger charge is -2.21. The van der Waals surface area contributed by atoms with E-state index in [0.29, 0.717) is 6.42 Å². The molecule has 2 aromatic carbocycles. The number of carbonyl (C=O) groups is 2. The molecule has 0 saturated heterocycles. The van der Waals surface area contributed by atoms with Crippen LogP contribution in [0.3, 0.4) is 0 Å². The minimum atomic E-state index is -1.38. The molecule has 3 N–H and O–H groups in total. The van der Waals surface area contributed by atoms with Crippen molar-refractivity contribution in [1.29, 1.82) is 0 Å². The topological polar surface area (TPSA) is 121 Å². The molecule has 0 spiro atoms. The van der Waals surface area contributed by atoms with E-state index in [1.165, 1.54) is 12.4 Å². The highest BCUT2D eigenvalue weighted by Crippen LogP contribution is 2.20. The van der Waals surface area contributed by atoms with Gasteiger partial charge < -0.3 is 20.1 Å².